The van der Waals surface area contributed by atoms with E-state index in [9.17, 15) is 0 Å². The number of hydrogen-bond donors (Lipinski definition) is 1. The van der Waals surface area contributed by atoms with Crippen molar-refractivity contribution in [3.05, 3.63) is 47.1 Å². The molecule has 0 saturated heterocycles. The summed E-state index contributed by atoms with van der Waals surface area (Å²) in [5, 5.41) is 7.58. The highest BCUT2D eigenvalue weighted by molar-refractivity contribution is 6.30. The van der Waals surface area contributed by atoms with Gasteiger partial charge in [0.05, 0.1) is 0 Å². The first-order valence-corrected chi connectivity index (χ1v) is 5.43. The van der Waals surface area contributed by atoms with Crippen LogP contribution in [-0.2, 0) is 13.0 Å². The summed E-state index contributed by atoms with van der Waals surface area (Å²) in [5.74, 6) is 0.651. The first kappa shape index (κ1) is 11.1. The summed E-state index contributed by atoms with van der Waals surface area (Å²) >= 11 is 5.88. The topological polar surface area (TPSA) is 51.0 Å². The van der Waals surface area contributed by atoms with Gasteiger partial charge >= 0.3 is 0 Å². The molecule has 0 spiro atoms. The Bertz CT molecular complexity index is 431. The third-order valence-corrected chi connectivity index (χ3v) is 2.38. The Morgan fingerprint density at radius 1 is 1.38 bits per heavy atom. The number of halogens is 1. The van der Waals surface area contributed by atoms with Gasteiger partial charge in [-0.1, -0.05) is 28.9 Å². The predicted octanol–water partition coefficient (Wildman–Crippen LogP) is 2.06. The van der Waals surface area contributed by atoms with Gasteiger partial charge < -0.3 is 9.84 Å². The lowest BCUT2D eigenvalue weighted by molar-refractivity contribution is 0.375. The van der Waals surface area contributed by atoms with Crippen LogP contribution in [0, 0.1) is 0 Å². The Hall–Kier alpha value is -1.39. The highest BCUT2D eigenvalue weighted by Crippen LogP contribution is 2.10. The third-order valence-electron chi connectivity index (χ3n) is 2.14. The molecule has 2 rings (SSSR count). The molecule has 84 valence electrons. The van der Waals surface area contributed by atoms with Gasteiger partial charge in [-0.05, 0) is 17.7 Å². The molecule has 1 aromatic heterocycles. The molecule has 1 N–H and O–H groups in total. The predicted molar refractivity (Wildman–Crippen MR) is 61.2 cm³/mol. The molecule has 4 nitrogen and oxygen atoms in total. The fourth-order valence-electron chi connectivity index (χ4n) is 1.38. The first-order valence-electron chi connectivity index (χ1n) is 5.05. The zero-order chi connectivity index (χ0) is 11.2. The molecule has 16 heavy (non-hydrogen) atoms. The van der Waals surface area contributed by atoms with Gasteiger partial charge in [0.2, 0.25) is 5.89 Å². The van der Waals surface area contributed by atoms with Crippen LogP contribution in [-0.4, -0.2) is 16.7 Å². The second-order valence-electron chi connectivity index (χ2n) is 3.39. The van der Waals surface area contributed by atoms with Gasteiger partial charge in [0.1, 0.15) is 0 Å². The van der Waals surface area contributed by atoms with Crippen molar-refractivity contribution >= 4 is 11.6 Å². The maximum absolute atomic E-state index is 5.88. The van der Waals surface area contributed by atoms with Gasteiger partial charge in [-0.15, -0.1) is 0 Å². The van der Waals surface area contributed by atoms with Crippen molar-refractivity contribution in [2.24, 2.45) is 0 Å². The molecule has 0 radical (unpaired) electrons. The lowest BCUT2D eigenvalue weighted by Crippen LogP contribution is -2.16. The third kappa shape index (κ3) is 3.32. The van der Waals surface area contributed by atoms with Crippen molar-refractivity contribution in [1.29, 1.82) is 0 Å². The Labute approximate surface area is 98.6 Å². The van der Waals surface area contributed by atoms with E-state index in [1.165, 1.54) is 6.33 Å². The lowest BCUT2D eigenvalue weighted by Gasteiger charge is -2.03. The van der Waals surface area contributed by atoms with Crippen LogP contribution in [0.4, 0.5) is 0 Å². The number of nitrogens with one attached hydrogen (secondary N) is 1. The van der Waals surface area contributed by atoms with Crippen LogP contribution in [0.1, 0.15) is 11.5 Å². The second kappa shape index (κ2) is 5.63. The summed E-state index contributed by atoms with van der Waals surface area (Å²) in [4.78, 5) is 3.94. The maximum Gasteiger partial charge on any atom is 0.227 e. The smallest absolute Gasteiger partial charge is 0.227 e. The Balaban J connectivity index is 1.72. The molecule has 0 amide bonds. The van der Waals surface area contributed by atoms with Gasteiger partial charge in [0.15, 0.2) is 6.33 Å². The molecule has 0 fully saturated rings. The van der Waals surface area contributed by atoms with Gasteiger partial charge in [-0.2, -0.15) is 4.98 Å². The van der Waals surface area contributed by atoms with Crippen molar-refractivity contribution in [2.75, 3.05) is 6.54 Å². The molecule has 0 atom stereocenters. The quantitative estimate of drug-likeness (QED) is 0.809. The minimum atomic E-state index is 0.651. The van der Waals surface area contributed by atoms with E-state index in [-0.39, 0.29) is 0 Å². The molecule has 1 heterocycles. The van der Waals surface area contributed by atoms with Crippen LogP contribution in [0.15, 0.2) is 35.1 Å². The number of nitrogens with zero attached hydrogens (tertiary/aromatic N) is 2. The van der Waals surface area contributed by atoms with E-state index in [1.807, 2.05) is 24.3 Å². The number of rotatable bonds is 5. The largest absolute Gasteiger partial charge is 0.340 e. The lowest BCUT2D eigenvalue weighted by atomic mass is 10.2. The second-order valence-corrected chi connectivity index (χ2v) is 3.83. The summed E-state index contributed by atoms with van der Waals surface area (Å²) in [6, 6.07) is 7.79. The number of hydrogen-bond acceptors (Lipinski definition) is 4. The molecule has 2 aromatic rings. The van der Waals surface area contributed by atoms with E-state index < -0.39 is 0 Å². The molecule has 0 saturated carbocycles. The molecule has 1 aromatic carbocycles. The zero-order valence-corrected chi connectivity index (χ0v) is 9.44. The Morgan fingerprint density at radius 2 is 2.31 bits per heavy atom. The van der Waals surface area contributed by atoms with Crippen molar-refractivity contribution < 1.29 is 4.52 Å². The molecule has 0 aliphatic rings. The van der Waals surface area contributed by atoms with Crippen molar-refractivity contribution in [3.63, 3.8) is 0 Å². The first-order chi connectivity index (χ1) is 7.84. The Morgan fingerprint density at radius 3 is 3.06 bits per heavy atom. The summed E-state index contributed by atoms with van der Waals surface area (Å²) < 4.78 is 4.88. The average molecular weight is 238 g/mol. The van der Waals surface area contributed by atoms with E-state index in [4.69, 9.17) is 16.1 Å². The van der Waals surface area contributed by atoms with Crippen LogP contribution in [0.2, 0.25) is 5.02 Å². The highest BCUT2D eigenvalue weighted by atomic mass is 35.5. The van der Waals surface area contributed by atoms with Crippen molar-refractivity contribution in [1.82, 2.24) is 15.5 Å². The summed E-state index contributed by atoms with van der Waals surface area (Å²) in [5.41, 5.74) is 1.16. The van der Waals surface area contributed by atoms with E-state index >= 15 is 0 Å². The van der Waals surface area contributed by atoms with Crippen LogP contribution >= 0.6 is 11.6 Å². The molecular weight excluding hydrogens is 226 g/mol. The molecule has 5 heteroatoms. The number of benzene rings is 1. The van der Waals surface area contributed by atoms with Gasteiger partial charge in [0, 0.05) is 24.5 Å². The van der Waals surface area contributed by atoms with E-state index in [0.29, 0.717) is 5.89 Å². The van der Waals surface area contributed by atoms with Gasteiger partial charge in [-0.3, -0.25) is 0 Å². The molecule has 0 aliphatic heterocycles. The molecule has 0 unspecified atom stereocenters. The van der Waals surface area contributed by atoms with Crippen LogP contribution in [0.3, 0.4) is 0 Å². The summed E-state index contributed by atoms with van der Waals surface area (Å²) in [6.45, 7) is 1.59. The minimum Gasteiger partial charge on any atom is -0.340 e. The molecular formula is C11H12ClN3O. The van der Waals surface area contributed by atoms with Crippen LogP contribution in [0.5, 0.6) is 0 Å². The standard InChI is InChI=1S/C11H12ClN3O/c12-10-3-1-2-9(6-10)7-13-5-4-11-14-8-15-16-11/h1-3,6,8,13H,4-5,7H2. The van der Waals surface area contributed by atoms with E-state index in [0.717, 1.165) is 30.1 Å². The van der Waals surface area contributed by atoms with E-state index in [1.54, 1.807) is 0 Å². The van der Waals surface area contributed by atoms with Crippen molar-refractivity contribution in [3.8, 4) is 0 Å². The maximum atomic E-state index is 5.88. The fourth-order valence-corrected chi connectivity index (χ4v) is 1.59. The minimum absolute atomic E-state index is 0.651. The summed E-state index contributed by atoms with van der Waals surface area (Å²) in [7, 11) is 0. The van der Waals surface area contributed by atoms with Crippen molar-refractivity contribution in [2.45, 2.75) is 13.0 Å². The zero-order valence-electron chi connectivity index (χ0n) is 8.69. The fraction of sp³-hybridized carbons (Fsp3) is 0.273. The SMILES string of the molecule is Clc1cccc(CNCCc2ncno2)c1. The normalized spacial score (nSPS) is 10.6. The molecule has 0 aliphatic carbocycles. The van der Waals surface area contributed by atoms with Gasteiger partial charge in [0.25, 0.3) is 0 Å². The summed E-state index contributed by atoms with van der Waals surface area (Å²) in [6.07, 6.45) is 2.15. The number of aromatic nitrogens is 2. The monoisotopic (exact) mass is 237 g/mol. The van der Waals surface area contributed by atoms with Gasteiger partial charge in [-0.25, -0.2) is 0 Å². The Kier molecular flexibility index (Phi) is 3.91. The average Bonchev–Trinajstić information content (AvgIpc) is 2.77. The van der Waals surface area contributed by atoms with E-state index in [2.05, 4.69) is 15.5 Å². The van der Waals surface area contributed by atoms with Crippen LogP contribution < -0.4 is 5.32 Å². The van der Waals surface area contributed by atoms with Crippen LogP contribution in [0.25, 0.3) is 0 Å². The molecule has 0 bridgehead atoms. The highest BCUT2D eigenvalue weighted by Gasteiger charge is 1.98.